The summed E-state index contributed by atoms with van der Waals surface area (Å²) in [6, 6.07) is 15.4. The highest BCUT2D eigenvalue weighted by Crippen LogP contribution is 2.29. The van der Waals surface area contributed by atoms with Gasteiger partial charge in [-0.3, -0.25) is 9.59 Å². The molecule has 6 nitrogen and oxygen atoms in total. The second kappa shape index (κ2) is 6.64. The maximum atomic E-state index is 13.4. The van der Waals surface area contributed by atoms with Crippen LogP contribution in [-0.4, -0.2) is 39.3 Å². The van der Waals surface area contributed by atoms with Gasteiger partial charge in [0.2, 0.25) is 5.91 Å². The van der Waals surface area contributed by atoms with Crippen LogP contribution in [0.2, 0.25) is 0 Å². The molecule has 2 aromatic heterocycles. The first-order chi connectivity index (χ1) is 13.4. The zero-order valence-electron chi connectivity index (χ0n) is 16.4. The van der Waals surface area contributed by atoms with E-state index >= 15 is 0 Å². The molecule has 0 unspecified atom stereocenters. The van der Waals surface area contributed by atoms with Gasteiger partial charge in [0.1, 0.15) is 5.52 Å². The number of aromatic nitrogens is 3. The molecule has 6 heteroatoms. The number of carbonyl (C=O) groups excluding carboxylic acids is 1. The molecule has 0 aliphatic rings. The predicted octanol–water partition coefficient (Wildman–Crippen LogP) is 2.82. The Morgan fingerprint density at radius 3 is 2.50 bits per heavy atom. The van der Waals surface area contributed by atoms with Crippen molar-refractivity contribution in [3.8, 4) is 5.69 Å². The van der Waals surface area contributed by atoms with Gasteiger partial charge >= 0.3 is 0 Å². The first kappa shape index (κ1) is 18.0. The van der Waals surface area contributed by atoms with Gasteiger partial charge < -0.3 is 9.47 Å². The molecule has 0 N–H and O–H groups in total. The predicted molar refractivity (Wildman–Crippen MR) is 111 cm³/mol. The number of likely N-dealkylation sites (N-methyl/N-ethyl adjacent to an activating group) is 1. The quantitative estimate of drug-likeness (QED) is 0.554. The van der Waals surface area contributed by atoms with Crippen LogP contribution < -0.4 is 5.56 Å². The van der Waals surface area contributed by atoms with Crippen LogP contribution >= 0.6 is 0 Å². The van der Waals surface area contributed by atoms with Crippen LogP contribution in [0.5, 0.6) is 0 Å². The molecule has 0 radical (unpaired) electrons. The number of hydrogen-bond donors (Lipinski definition) is 0. The van der Waals surface area contributed by atoms with Crippen molar-refractivity contribution in [2.45, 2.75) is 13.3 Å². The van der Waals surface area contributed by atoms with Gasteiger partial charge in [0.25, 0.3) is 5.56 Å². The summed E-state index contributed by atoms with van der Waals surface area (Å²) in [7, 11) is 5.33. The van der Waals surface area contributed by atoms with Gasteiger partial charge in [0.05, 0.1) is 17.8 Å². The highest BCUT2D eigenvalue weighted by atomic mass is 16.2. The van der Waals surface area contributed by atoms with Gasteiger partial charge in [-0.1, -0.05) is 30.3 Å². The van der Waals surface area contributed by atoms with E-state index in [2.05, 4.69) is 11.2 Å². The second-order valence-corrected chi connectivity index (χ2v) is 7.27. The zero-order chi connectivity index (χ0) is 20.0. The van der Waals surface area contributed by atoms with E-state index in [1.54, 1.807) is 19.0 Å². The van der Waals surface area contributed by atoms with E-state index < -0.39 is 0 Å². The third kappa shape index (κ3) is 2.78. The molecule has 1 amide bonds. The minimum absolute atomic E-state index is 0.0591. The highest BCUT2D eigenvalue weighted by molar-refractivity contribution is 6.09. The maximum absolute atomic E-state index is 13.4. The molecule has 0 atom stereocenters. The number of para-hydroxylation sites is 1. The smallest absolute Gasteiger partial charge is 0.296 e. The lowest BCUT2D eigenvalue weighted by Crippen LogP contribution is -2.28. The molecule has 2 aromatic carbocycles. The third-order valence-electron chi connectivity index (χ3n) is 5.08. The van der Waals surface area contributed by atoms with Crippen LogP contribution in [0.1, 0.15) is 11.3 Å². The van der Waals surface area contributed by atoms with Crippen LogP contribution in [0.3, 0.4) is 0 Å². The summed E-state index contributed by atoms with van der Waals surface area (Å²) in [6.07, 6.45) is 0.129. The first-order valence-corrected chi connectivity index (χ1v) is 9.15. The van der Waals surface area contributed by atoms with E-state index in [1.165, 1.54) is 4.68 Å². The Labute approximate surface area is 162 Å². The van der Waals surface area contributed by atoms with Crippen molar-refractivity contribution in [3.05, 3.63) is 70.1 Å². The van der Waals surface area contributed by atoms with Crippen LogP contribution in [0.25, 0.3) is 27.5 Å². The number of nitrogens with zero attached hydrogens (tertiary/aromatic N) is 4. The van der Waals surface area contributed by atoms with Crippen molar-refractivity contribution in [2.24, 2.45) is 7.05 Å². The van der Waals surface area contributed by atoms with E-state index in [1.807, 2.05) is 61.0 Å². The van der Waals surface area contributed by atoms with Gasteiger partial charge in [-0.2, -0.15) is 9.78 Å². The van der Waals surface area contributed by atoms with E-state index in [4.69, 9.17) is 0 Å². The second-order valence-electron chi connectivity index (χ2n) is 7.27. The van der Waals surface area contributed by atoms with Crippen LogP contribution in [-0.2, 0) is 18.3 Å². The van der Waals surface area contributed by atoms with Gasteiger partial charge in [-0.25, -0.2) is 0 Å². The van der Waals surface area contributed by atoms with Crippen molar-refractivity contribution in [1.82, 2.24) is 19.2 Å². The van der Waals surface area contributed by atoms with Gasteiger partial charge in [-0.15, -0.1) is 0 Å². The van der Waals surface area contributed by atoms with Gasteiger partial charge in [-0.05, 0) is 30.7 Å². The normalized spacial score (nSPS) is 11.3. The Hall–Kier alpha value is -3.41. The van der Waals surface area contributed by atoms with Crippen molar-refractivity contribution >= 4 is 27.7 Å². The summed E-state index contributed by atoms with van der Waals surface area (Å²) >= 11 is 0. The van der Waals surface area contributed by atoms with E-state index in [0.717, 1.165) is 21.9 Å². The fourth-order valence-corrected chi connectivity index (χ4v) is 3.57. The minimum atomic E-state index is -0.196. The fraction of sp³-hybridized carbons (Fsp3) is 0.227. The molecule has 142 valence electrons. The lowest BCUT2D eigenvalue weighted by molar-refractivity contribution is -0.128. The summed E-state index contributed by atoms with van der Waals surface area (Å²) in [6.45, 7) is 2.02. The van der Waals surface area contributed by atoms with Gasteiger partial charge in [0, 0.05) is 37.4 Å². The maximum Gasteiger partial charge on any atom is 0.296 e. The Balaban J connectivity index is 2.13. The molecule has 4 rings (SSSR count). The minimum Gasteiger partial charge on any atom is -0.348 e. The number of hydrogen-bond acceptors (Lipinski definition) is 3. The highest BCUT2D eigenvalue weighted by Gasteiger charge is 2.21. The molecule has 0 saturated heterocycles. The molecule has 0 fully saturated rings. The van der Waals surface area contributed by atoms with Crippen LogP contribution in [0, 0.1) is 6.92 Å². The number of carbonyl (C=O) groups is 1. The average molecular weight is 374 g/mol. The number of rotatable bonds is 3. The number of benzene rings is 2. The van der Waals surface area contributed by atoms with Crippen molar-refractivity contribution < 1.29 is 4.79 Å². The van der Waals surface area contributed by atoms with E-state index in [0.29, 0.717) is 16.9 Å². The lowest BCUT2D eigenvalue weighted by Gasteiger charge is -2.13. The summed E-state index contributed by atoms with van der Waals surface area (Å²) in [5.41, 5.74) is 3.71. The van der Waals surface area contributed by atoms with Crippen molar-refractivity contribution in [2.75, 3.05) is 14.1 Å². The third-order valence-corrected chi connectivity index (χ3v) is 5.08. The SMILES string of the molecule is Cc1ccc2c3c(CC(=O)N(C)C)nn(-c4ccccc4)c(=O)c3n(C)c2c1. The first-order valence-electron chi connectivity index (χ1n) is 9.15. The fourth-order valence-electron chi connectivity index (χ4n) is 3.57. The summed E-state index contributed by atoms with van der Waals surface area (Å²) in [5, 5.41) is 6.32. The standard InChI is InChI=1S/C22H22N4O2/c1-14-10-11-16-18(12-14)25(4)21-20(16)17(13-19(27)24(2)3)23-26(22(21)28)15-8-6-5-7-9-15/h5-12H,13H2,1-4H3. The van der Waals surface area contributed by atoms with Gasteiger partial charge in [0.15, 0.2) is 0 Å². The Kier molecular flexibility index (Phi) is 4.26. The molecule has 0 aliphatic carbocycles. The van der Waals surface area contributed by atoms with E-state index in [-0.39, 0.29) is 17.9 Å². The molecule has 0 bridgehead atoms. The lowest BCUT2D eigenvalue weighted by atomic mass is 10.1. The van der Waals surface area contributed by atoms with Crippen molar-refractivity contribution in [3.63, 3.8) is 0 Å². The summed E-state index contributed by atoms with van der Waals surface area (Å²) < 4.78 is 3.30. The molecule has 28 heavy (non-hydrogen) atoms. The number of amides is 1. The molecule has 2 heterocycles. The monoisotopic (exact) mass is 374 g/mol. The summed E-state index contributed by atoms with van der Waals surface area (Å²) in [5.74, 6) is -0.0591. The Bertz CT molecular complexity index is 1270. The average Bonchev–Trinajstić information content (AvgIpc) is 2.97. The molecule has 0 saturated carbocycles. The molecule has 0 aliphatic heterocycles. The van der Waals surface area contributed by atoms with Crippen molar-refractivity contribution in [1.29, 1.82) is 0 Å². The largest absolute Gasteiger partial charge is 0.348 e. The molecular formula is C22H22N4O2. The summed E-state index contributed by atoms with van der Waals surface area (Å²) in [4.78, 5) is 27.4. The molecule has 4 aromatic rings. The molecular weight excluding hydrogens is 352 g/mol. The zero-order valence-corrected chi connectivity index (χ0v) is 16.4. The Morgan fingerprint density at radius 1 is 1.11 bits per heavy atom. The number of aryl methyl sites for hydroxylation is 2. The van der Waals surface area contributed by atoms with E-state index in [9.17, 15) is 9.59 Å². The topological polar surface area (TPSA) is 60.1 Å². The Morgan fingerprint density at radius 2 is 1.82 bits per heavy atom. The van der Waals surface area contributed by atoms with Crippen LogP contribution in [0.15, 0.2) is 53.3 Å². The number of fused-ring (bicyclic) bond motifs is 3. The van der Waals surface area contributed by atoms with Crippen LogP contribution in [0.4, 0.5) is 0 Å². The molecule has 0 spiro atoms.